The summed E-state index contributed by atoms with van der Waals surface area (Å²) in [7, 11) is -3.27. The van der Waals surface area contributed by atoms with Crippen LogP contribution in [0.5, 0.6) is 0 Å². The molecule has 1 aliphatic rings. The fourth-order valence-corrected chi connectivity index (χ4v) is 4.76. The molecule has 4 nitrogen and oxygen atoms in total. The molecule has 1 aromatic carbocycles. The first-order valence-electron chi connectivity index (χ1n) is 7.27. The van der Waals surface area contributed by atoms with Crippen molar-refractivity contribution in [1.82, 2.24) is 9.55 Å². The summed E-state index contributed by atoms with van der Waals surface area (Å²) in [6, 6.07) is 5.39. The molecule has 1 fully saturated rings. The molecule has 2 aromatic rings. The molecule has 1 saturated carbocycles. The maximum atomic E-state index is 12.0. The Balaban J connectivity index is 2.31. The molecular formula is C15H20N2O2S2. The quantitative estimate of drug-likeness (QED) is 0.855. The number of benzene rings is 1. The average Bonchev–Trinajstić information content (AvgIpc) is 2.74. The van der Waals surface area contributed by atoms with Crippen molar-refractivity contribution in [3.05, 3.63) is 23.0 Å². The molecule has 0 atom stereocenters. The highest BCUT2D eigenvalue weighted by atomic mass is 32.2. The van der Waals surface area contributed by atoms with Crippen LogP contribution in [0.4, 0.5) is 0 Å². The van der Waals surface area contributed by atoms with Gasteiger partial charge in [-0.1, -0.05) is 25.3 Å². The van der Waals surface area contributed by atoms with Crippen molar-refractivity contribution >= 4 is 33.1 Å². The lowest BCUT2D eigenvalue weighted by Gasteiger charge is -2.35. The van der Waals surface area contributed by atoms with Crippen LogP contribution in [0.2, 0.25) is 0 Å². The minimum Gasteiger partial charge on any atom is -0.329 e. The van der Waals surface area contributed by atoms with Crippen LogP contribution >= 0.6 is 12.2 Å². The van der Waals surface area contributed by atoms with Crippen LogP contribution in [-0.2, 0) is 15.4 Å². The molecule has 1 N–H and O–H groups in total. The van der Waals surface area contributed by atoms with Gasteiger partial charge >= 0.3 is 0 Å². The van der Waals surface area contributed by atoms with Crippen molar-refractivity contribution < 1.29 is 8.42 Å². The highest BCUT2D eigenvalue weighted by Crippen LogP contribution is 2.37. The van der Waals surface area contributed by atoms with Crippen LogP contribution in [0.3, 0.4) is 0 Å². The second kappa shape index (κ2) is 4.95. The van der Waals surface area contributed by atoms with E-state index in [0.29, 0.717) is 15.2 Å². The number of H-pyrrole nitrogens is 1. The average molecular weight is 324 g/mol. The summed E-state index contributed by atoms with van der Waals surface area (Å²) in [5.41, 5.74) is 1.51. The fraction of sp³-hybridized carbons (Fsp3) is 0.533. The maximum Gasteiger partial charge on any atom is 0.178 e. The zero-order valence-corrected chi connectivity index (χ0v) is 14.0. The second-order valence-corrected chi connectivity index (χ2v) is 8.62. The fourth-order valence-electron chi connectivity index (χ4n) is 3.49. The van der Waals surface area contributed by atoms with Gasteiger partial charge in [-0.05, 0) is 44.1 Å². The first kappa shape index (κ1) is 14.8. The van der Waals surface area contributed by atoms with Gasteiger partial charge in [-0.25, -0.2) is 8.42 Å². The molecule has 3 rings (SSSR count). The monoisotopic (exact) mass is 324 g/mol. The van der Waals surface area contributed by atoms with Crippen LogP contribution in [0, 0.1) is 4.77 Å². The van der Waals surface area contributed by atoms with E-state index in [0.717, 1.165) is 18.4 Å². The van der Waals surface area contributed by atoms with E-state index in [1.807, 2.05) is 6.07 Å². The molecule has 0 unspecified atom stereocenters. The van der Waals surface area contributed by atoms with E-state index in [-0.39, 0.29) is 5.54 Å². The Morgan fingerprint density at radius 2 is 1.90 bits per heavy atom. The number of fused-ring (bicyclic) bond motifs is 1. The van der Waals surface area contributed by atoms with Crippen LogP contribution in [-0.4, -0.2) is 24.2 Å². The maximum absolute atomic E-state index is 12.0. The van der Waals surface area contributed by atoms with E-state index in [1.165, 1.54) is 25.5 Å². The summed E-state index contributed by atoms with van der Waals surface area (Å²) in [6.45, 7) is 2.22. The minimum absolute atomic E-state index is 0.0241. The molecular weight excluding hydrogens is 304 g/mol. The normalized spacial score (nSPS) is 19.0. The topological polar surface area (TPSA) is 54.9 Å². The number of sulfone groups is 1. The van der Waals surface area contributed by atoms with E-state index in [9.17, 15) is 8.42 Å². The number of nitrogens with one attached hydrogen (secondary N) is 1. The number of aromatic amines is 1. The van der Waals surface area contributed by atoms with Crippen LogP contribution in [0.15, 0.2) is 23.1 Å². The summed E-state index contributed by atoms with van der Waals surface area (Å²) < 4.78 is 26.7. The predicted molar refractivity (Wildman–Crippen MR) is 87.0 cm³/mol. The molecule has 1 aliphatic carbocycles. The lowest BCUT2D eigenvalue weighted by atomic mass is 9.83. The minimum atomic E-state index is -3.27. The zero-order chi connectivity index (χ0) is 15.3. The molecule has 0 bridgehead atoms. The van der Waals surface area contributed by atoms with Crippen molar-refractivity contribution in [2.75, 3.05) is 6.26 Å². The number of hydrogen-bond acceptors (Lipinski definition) is 3. The Kier molecular flexibility index (Phi) is 3.48. The second-order valence-electron chi connectivity index (χ2n) is 6.25. The third-order valence-electron chi connectivity index (χ3n) is 4.55. The smallest absolute Gasteiger partial charge is 0.178 e. The summed E-state index contributed by atoms with van der Waals surface area (Å²) in [5, 5.41) is 0. The standard InChI is InChI=1S/C15H20N2O2S2/c1-15(9-4-3-5-10-15)17-11-7-6-8-12(21(2,18)19)13(11)16-14(17)20/h6-8H,3-5,9-10H2,1-2H3,(H,16,20). The lowest BCUT2D eigenvalue weighted by Crippen LogP contribution is -2.32. The van der Waals surface area contributed by atoms with E-state index in [2.05, 4.69) is 16.5 Å². The molecule has 21 heavy (non-hydrogen) atoms. The van der Waals surface area contributed by atoms with Crippen molar-refractivity contribution in [3.8, 4) is 0 Å². The van der Waals surface area contributed by atoms with E-state index in [1.54, 1.807) is 12.1 Å². The van der Waals surface area contributed by atoms with Crippen molar-refractivity contribution in [2.24, 2.45) is 0 Å². The number of aromatic nitrogens is 2. The van der Waals surface area contributed by atoms with Gasteiger partial charge in [-0.2, -0.15) is 0 Å². The highest BCUT2D eigenvalue weighted by molar-refractivity contribution is 7.91. The molecule has 0 amide bonds. The van der Waals surface area contributed by atoms with Gasteiger partial charge in [0.15, 0.2) is 14.6 Å². The van der Waals surface area contributed by atoms with Crippen molar-refractivity contribution in [3.63, 3.8) is 0 Å². The third-order valence-corrected chi connectivity index (χ3v) is 5.97. The summed E-state index contributed by atoms with van der Waals surface area (Å²) in [4.78, 5) is 3.45. The number of imidazole rings is 1. The van der Waals surface area contributed by atoms with E-state index >= 15 is 0 Å². The Bertz CT molecular complexity index is 840. The van der Waals surface area contributed by atoms with E-state index < -0.39 is 9.84 Å². The molecule has 0 spiro atoms. The SMILES string of the molecule is CC1(n2c(=S)[nH]c3c(S(C)(=O)=O)cccc32)CCCCC1. The molecule has 1 heterocycles. The molecule has 114 valence electrons. The molecule has 0 aliphatic heterocycles. The van der Waals surface area contributed by atoms with Crippen LogP contribution < -0.4 is 0 Å². The lowest BCUT2D eigenvalue weighted by molar-refractivity contribution is 0.222. The molecule has 6 heteroatoms. The van der Waals surface area contributed by atoms with Gasteiger partial charge in [0.25, 0.3) is 0 Å². The summed E-state index contributed by atoms with van der Waals surface area (Å²) in [6.07, 6.45) is 7.04. The van der Waals surface area contributed by atoms with Gasteiger partial charge in [0.1, 0.15) is 0 Å². The third kappa shape index (κ3) is 2.44. The van der Waals surface area contributed by atoms with Gasteiger partial charge in [0.05, 0.1) is 15.9 Å². The first-order valence-corrected chi connectivity index (χ1v) is 9.57. The molecule has 0 saturated heterocycles. The molecule has 1 aromatic heterocycles. The Hall–Kier alpha value is -1.14. The van der Waals surface area contributed by atoms with Gasteiger partial charge in [0, 0.05) is 11.8 Å². The van der Waals surface area contributed by atoms with Crippen LogP contribution in [0.1, 0.15) is 39.0 Å². The Morgan fingerprint density at radius 3 is 2.52 bits per heavy atom. The Morgan fingerprint density at radius 1 is 1.24 bits per heavy atom. The van der Waals surface area contributed by atoms with Crippen molar-refractivity contribution in [1.29, 1.82) is 0 Å². The molecule has 0 radical (unpaired) electrons. The van der Waals surface area contributed by atoms with Crippen LogP contribution in [0.25, 0.3) is 11.0 Å². The number of hydrogen-bond donors (Lipinski definition) is 1. The Labute approximate surface area is 130 Å². The van der Waals surface area contributed by atoms with Gasteiger partial charge < -0.3 is 9.55 Å². The summed E-state index contributed by atoms with van der Waals surface area (Å²) in [5.74, 6) is 0. The number of para-hydroxylation sites is 1. The van der Waals surface area contributed by atoms with Gasteiger partial charge in [-0.15, -0.1) is 0 Å². The van der Waals surface area contributed by atoms with Crippen molar-refractivity contribution in [2.45, 2.75) is 49.5 Å². The number of rotatable bonds is 2. The number of nitrogens with zero attached hydrogens (tertiary/aromatic N) is 1. The van der Waals surface area contributed by atoms with Gasteiger partial charge in [0.2, 0.25) is 0 Å². The first-order chi connectivity index (χ1) is 9.83. The predicted octanol–water partition coefficient (Wildman–Crippen LogP) is 3.78. The van der Waals surface area contributed by atoms with Gasteiger partial charge in [-0.3, -0.25) is 0 Å². The summed E-state index contributed by atoms with van der Waals surface area (Å²) >= 11 is 5.50. The zero-order valence-electron chi connectivity index (χ0n) is 12.3. The van der Waals surface area contributed by atoms with E-state index in [4.69, 9.17) is 12.2 Å². The highest BCUT2D eigenvalue weighted by Gasteiger charge is 2.31. The largest absolute Gasteiger partial charge is 0.329 e.